The van der Waals surface area contributed by atoms with E-state index < -0.39 is 0 Å². The summed E-state index contributed by atoms with van der Waals surface area (Å²) in [5.41, 5.74) is 6.69. The van der Waals surface area contributed by atoms with E-state index in [0.717, 1.165) is 28.0 Å². The molecule has 0 bridgehead atoms. The Hall–Kier alpha value is -2.18. The fraction of sp³-hybridized carbons (Fsp3) is 0.0714. The zero-order chi connectivity index (χ0) is 14.1. The summed E-state index contributed by atoms with van der Waals surface area (Å²) in [7, 11) is 1.70. The molecule has 1 aromatic heterocycles. The molecule has 3 rings (SSSR count). The van der Waals surface area contributed by atoms with Gasteiger partial charge in [-0.05, 0) is 22.9 Å². The van der Waals surface area contributed by atoms with Crippen LogP contribution < -0.4 is 10.6 Å². The van der Waals surface area contributed by atoms with Gasteiger partial charge in [-0.3, -0.25) is 4.79 Å². The standard InChI is InChI=1S/C14H12N4OS.ClH/c1-18(14(19)12-13(15)20-17-16-12)11-7-6-9-4-2-3-5-10(9)8-11;/h2-8H,15H2,1H3;1H. The van der Waals surface area contributed by atoms with E-state index in [0.29, 0.717) is 5.00 Å². The van der Waals surface area contributed by atoms with Crippen LogP contribution in [0.3, 0.4) is 0 Å². The molecule has 0 saturated heterocycles. The van der Waals surface area contributed by atoms with Crippen molar-refractivity contribution in [1.82, 2.24) is 9.59 Å². The Kier molecular flexibility index (Phi) is 4.40. The van der Waals surface area contributed by atoms with E-state index in [1.165, 1.54) is 4.90 Å². The maximum absolute atomic E-state index is 12.3. The molecule has 3 aromatic rings. The first-order valence-electron chi connectivity index (χ1n) is 6.01. The summed E-state index contributed by atoms with van der Waals surface area (Å²) < 4.78 is 3.69. The summed E-state index contributed by atoms with van der Waals surface area (Å²) in [6.07, 6.45) is 0. The van der Waals surface area contributed by atoms with E-state index >= 15 is 0 Å². The number of fused-ring (bicyclic) bond motifs is 1. The average molecular weight is 321 g/mol. The fourth-order valence-electron chi connectivity index (χ4n) is 2.01. The maximum atomic E-state index is 12.3. The van der Waals surface area contributed by atoms with E-state index in [2.05, 4.69) is 9.59 Å². The Morgan fingerprint density at radius 1 is 1.19 bits per heavy atom. The van der Waals surface area contributed by atoms with Crippen LogP contribution in [0.5, 0.6) is 0 Å². The Bertz CT molecular complexity index is 789. The van der Waals surface area contributed by atoms with E-state index in [4.69, 9.17) is 5.73 Å². The maximum Gasteiger partial charge on any atom is 0.281 e. The SMILES string of the molecule is CN(C(=O)c1nnsc1N)c1ccc2ccccc2c1.Cl. The highest BCUT2D eigenvalue weighted by atomic mass is 35.5. The number of carbonyl (C=O) groups is 1. The van der Waals surface area contributed by atoms with Crippen molar-refractivity contribution in [2.24, 2.45) is 0 Å². The van der Waals surface area contributed by atoms with Gasteiger partial charge in [0.2, 0.25) is 0 Å². The normalized spacial score (nSPS) is 10.1. The highest BCUT2D eigenvalue weighted by molar-refractivity contribution is 7.10. The number of aromatic nitrogens is 2. The van der Waals surface area contributed by atoms with Crippen LogP contribution in [-0.2, 0) is 0 Å². The summed E-state index contributed by atoms with van der Waals surface area (Å²) in [6.45, 7) is 0. The van der Waals surface area contributed by atoms with Gasteiger partial charge in [0.15, 0.2) is 5.69 Å². The molecule has 5 nitrogen and oxygen atoms in total. The van der Waals surface area contributed by atoms with Crippen molar-refractivity contribution < 1.29 is 4.79 Å². The van der Waals surface area contributed by atoms with Crippen molar-refractivity contribution >= 4 is 51.3 Å². The minimum atomic E-state index is -0.258. The molecule has 0 saturated carbocycles. The van der Waals surface area contributed by atoms with Crippen LogP contribution in [-0.4, -0.2) is 22.5 Å². The molecule has 108 valence electrons. The number of nitrogen functional groups attached to an aromatic ring is 1. The topological polar surface area (TPSA) is 72.1 Å². The van der Waals surface area contributed by atoms with Crippen LogP contribution in [0.25, 0.3) is 10.8 Å². The van der Waals surface area contributed by atoms with E-state index in [9.17, 15) is 4.79 Å². The van der Waals surface area contributed by atoms with Gasteiger partial charge in [0.25, 0.3) is 5.91 Å². The summed E-state index contributed by atoms with van der Waals surface area (Å²) in [5.74, 6) is -0.258. The van der Waals surface area contributed by atoms with Gasteiger partial charge in [0.05, 0.1) is 0 Å². The first-order valence-corrected chi connectivity index (χ1v) is 6.79. The van der Waals surface area contributed by atoms with Crippen molar-refractivity contribution in [2.45, 2.75) is 0 Å². The third kappa shape index (κ3) is 2.81. The van der Waals surface area contributed by atoms with Crippen LogP contribution in [0.1, 0.15) is 10.5 Å². The molecule has 0 unspecified atom stereocenters. The average Bonchev–Trinajstić information content (AvgIpc) is 2.91. The number of anilines is 2. The van der Waals surface area contributed by atoms with E-state index in [1.807, 2.05) is 42.5 Å². The van der Waals surface area contributed by atoms with Crippen LogP contribution in [0.4, 0.5) is 10.7 Å². The van der Waals surface area contributed by atoms with Gasteiger partial charge >= 0.3 is 0 Å². The number of rotatable bonds is 2. The predicted molar refractivity (Wildman–Crippen MR) is 88.3 cm³/mol. The third-order valence-electron chi connectivity index (χ3n) is 3.14. The van der Waals surface area contributed by atoms with E-state index in [-0.39, 0.29) is 24.0 Å². The van der Waals surface area contributed by atoms with Gasteiger partial charge < -0.3 is 10.6 Å². The lowest BCUT2D eigenvalue weighted by molar-refractivity contribution is 0.0989. The van der Waals surface area contributed by atoms with Crippen LogP contribution in [0.2, 0.25) is 0 Å². The molecule has 1 amide bonds. The molecule has 0 atom stereocenters. The Morgan fingerprint density at radius 2 is 1.90 bits per heavy atom. The molecule has 0 aliphatic heterocycles. The van der Waals surface area contributed by atoms with Gasteiger partial charge in [-0.25, -0.2) is 0 Å². The van der Waals surface area contributed by atoms with Gasteiger partial charge in [-0.2, -0.15) is 0 Å². The van der Waals surface area contributed by atoms with Gasteiger partial charge in [0, 0.05) is 24.3 Å². The first kappa shape index (κ1) is 15.2. The summed E-state index contributed by atoms with van der Waals surface area (Å²) in [5, 5.41) is 6.32. The molecule has 0 radical (unpaired) electrons. The number of halogens is 1. The Balaban J connectivity index is 0.00000161. The Labute approximate surface area is 132 Å². The van der Waals surface area contributed by atoms with Crippen molar-refractivity contribution in [3.63, 3.8) is 0 Å². The third-order valence-corrected chi connectivity index (χ3v) is 3.69. The number of carbonyl (C=O) groups excluding carboxylic acids is 1. The second kappa shape index (κ2) is 6.07. The van der Waals surface area contributed by atoms with Crippen LogP contribution >= 0.6 is 23.9 Å². The van der Waals surface area contributed by atoms with E-state index in [1.54, 1.807) is 7.05 Å². The van der Waals surface area contributed by atoms with Crippen molar-refractivity contribution in [1.29, 1.82) is 0 Å². The highest BCUT2D eigenvalue weighted by Crippen LogP contribution is 2.23. The monoisotopic (exact) mass is 320 g/mol. The van der Waals surface area contributed by atoms with Crippen molar-refractivity contribution in [3.8, 4) is 0 Å². The predicted octanol–water partition coefficient (Wildman–Crippen LogP) is 2.97. The Morgan fingerprint density at radius 3 is 2.57 bits per heavy atom. The second-order valence-corrected chi connectivity index (χ2v) is 5.17. The second-order valence-electron chi connectivity index (χ2n) is 4.38. The molecular formula is C14H13ClN4OS. The molecule has 7 heteroatoms. The number of benzene rings is 2. The lowest BCUT2D eigenvalue weighted by Gasteiger charge is -2.16. The number of hydrogen-bond acceptors (Lipinski definition) is 5. The molecule has 0 fully saturated rings. The minimum Gasteiger partial charge on any atom is -0.387 e. The lowest BCUT2D eigenvalue weighted by atomic mass is 10.1. The molecule has 1 heterocycles. The highest BCUT2D eigenvalue weighted by Gasteiger charge is 2.19. The number of amides is 1. The van der Waals surface area contributed by atoms with Gasteiger partial charge in [0.1, 0.15) is 5.00 Å². The van der Waals surface area contributed by atoms with Crippen LogP contribution in [0, 0.1) is 0 Å². The summed E-state index contributed by atoms with van der Waals surface area (Å²) >= 11 is 1.02. The van der Waals surface area contributed by atoms with Gasteiger partial charge in [-0.1, -0.05) is 34.8 Å². The molecule has 2 aromatic carbocycles. The lowest BCUT2D eigenvalue weighted by Crippen LogP contribution is -2.27. The fourth-order valence-corrected chi connectivity index (χ4v) is 2.43. The molecule has 21 heavy (non-hydrogen) atoms. The molecule has 0 aliphatic rings. The first-order chi connectivity index (χ1) is 9.66. The summed E-state index contributed by atoms with van der Waals surface area (Å²) in [4.78, 5) is 13.8. The molecule has 0 aliphatic carbocycles. The number of nitrogens with zero attached hydrogens (tertiary/aromatic N) is 3. The molecule has 0 spiro atoms. The minimum absolute atomic E-state index is 0. The van der Waals surface area contributed by atoms with Crippen molar-refractivity contribution in [3.05, 3.63) is 48.2 Å². The van der Waals surface area contributed by atoms with Crippen LogP contribution in [0.15, 0.2) is 42.5 Å². The van der Waals surface area contributed by atoms with Gasteiger partial charge in [-0.15, -0.1) is 17.5 Å². The smallest absolute Gasteiger partial charge is 0.281 e. The van der Waals surface area contributed by atoms with Crippen molar-refractivity contribution in [2.75, 3.05) is 17.7 Å². The summed E-state index contributed by atoms with van der Waals surface area (Å²) in [6, 6.07) is 13.8. The number of hydrogen-bond donors (Lipinski definition) is 1. The largest absolute Gasteiger partial charge is 0.387 e. The number of nitrogens with two attached hydrogens (primary N) is 1. The molecule has 2 N–H and O–H groups in total. The quantitative estimate of drug-likeness (QED) is 0.788. The zero-order valence-electron chi connectivity index (χ0n) is 11.2. The zero-order valence-corrected chi connectivity index (χ0v) is 12.8. The molecular weight excluding hydrogens is 308 g/mol.